The third-order valence-corrected chi connectivity index (χ3v) is 7.76. The number of amides is 4. The van der Waals surface area contributed by atoms with Crippen LogP contribution >= 0.6 is 0 Å². The van der Waals surface area contributed by atoms with Crippen molar-refractivity contribution in [3.05, 3.63) is 95.7 Å². The van der Waals surface area contributed by atoms with E-state index in [-0.39, 0.29) is 43.6 Å². The summed E-state index contributed by atoms with van der Waals surface area (Å²) < 4.78 is 0. The highest BCUT2D eigenvalue weighted by atomic mass is 16.4. The number of benzene rings is 3. The lowest BCUT2D eigenvalue weighted by Crippen LogP contribution is -2.58. The minimum absolute atomic E-state index is 0.000471. The largest absolute Gasteiger partial charge is 0.508 e. The quantitative estimate of drug-likeness (QED) is 0.0822. The van der Waals surface area contributed by atoms with Crippen molar-refractivity contribution >= 4 is 40.5 Å². The predicted octanol–water partition coefficient (Wildman–Crippen LogP) is 0.739. The van der Waals surface area contributed by atoms with Gasteiger partial charge in [0, 0.05) is 36.4 Å². The second-order valence-corrected chi connectivity index (χ2v) is 11.4. The number of rotatable bonds is 16. The minimum atomic E-state index is -1.46. The Kier molecular flexibility index (Phi) is 11.7. The Morgan fingerprint density at radius 3 is 1.79 bits per heavy atom. The fraction of sp³-hybridized carbons (Fsp3) is 0.265. The number of aliphatic carboxylic acids is 1. The fourth-order valence-corrected chi connectivity index (χ4v) is 5.15. The number of hydrogen-bond donors (Lipinski definition) is 9. The van der Waals surface area contributed by atoms with Crippen molar-refractivity contribution in [3.63, 3.8) is 0 Å². The van der Waals surface area contributed by atoms with Gasteiger partial charge in [-0.05, 0) is 59.9 Å². The molecule has 4 atom stereocenters. The Morgan fingerprint density at radius 1 is 0.688 bits per heavy atom. The van der Waals surface area contributed by atoms with Gasteiger partial charge in [-0.25, -0.2) is 4.79 Å². The van der Waals surface area contributed by atoms with Gasteiger partial charge in [0.1, 0.15) is 29.6 Å². The van der Waals surface area contributed by atoms with E-state index >= 15 is 0 Å². The number of H-pyrrole nitrogens is 1. The summed E-state index contributed by atoms with van der Waals surface area (Å²) in [4.78, 5) is 67.1. The van der Waals surface area contributed by atoms with Gasteiger partial charge in [-0.3, -0.25) is 19.2 Å². The number of para-hydroxylation sites is 1. The van der Waals surface area contributed by atoms with E-state index in [0.717, 1.165) is 10.9 Å². The average Bonchev–Trinajstić information content (AvgIpc) is 3.46. The van der Waals surface area contributed by atoms with Crippen LogP contribution in [-0.4, -0.2) is 74.1 Å². The van der Waals surface area contributed by atoms with Crippen LogP contribution in [0.4, 0.5) is 0 Å². The van der Waals surface area contributed by atoms with Gasteiger partial charge < -0.3 is 47.7 Å². The van der Waals surface area contributed by atoms with Gasteiger partial charge in [0.25, 0.3) is 0 Å². The van der Waals surface area contributed by atoms with E-state index in [1.54, 1.807) is 30.5 Å². The number of primary amides is 1. The number of aromatic amines is 1. The second-order valence-electron chi connectivity index (χ2n) is 11.4. The summed E-state index contributed by atoms with van der Waals surface area (Å²) >= 11 is 0. The molecule has 14 heteroatoms. The maximum atomic E-state index is 13.9. The maximum absolute atomic E-state index is 13.9. The zero-order valence-electron chi connectivity index (χ0n) is 25.9. The normalized spacial score (nSPS) is 13.5. The van der Waals surface area contributed by atoms with Gasteiger partial charge in [0.2, 0.25) is 23.6 Å². The standard InChI is InChI=1S/C34H38N6O8/c35-25(15-19-5-9-22(41)10-6-19)31(44)39-28(16-20-7-11-23(42)12-8-20)32(45)40-29(17-21-18-37-26-4-2-1-3-24(21)26)33(46)38-27(34(47)48)13-14-30(36)43/h1-12,18,25,27-29,37,41-42H,13-17,35H2,(H2,36,43)(H,38,46)(H,39,44)(H,40,45)(H,47,48). The van der Waals surface area contributed by atoms with E-state index in [1.165, 1.54) is 24.3 Å². The number of phenolic OH excluding ortho intramolecular Hbond substituents is 2. The Balaban J connectivity index is 1.59. The highest BCUT2D eigenvalue weighted by Gasteiger charge is 2.31. The summed E-state index contributed by atoms with van der Waals surface area (Å²) in [6.45, 7) is 0. The lowest BCUT2D eigenvalue weighted by molar-refractivity contribution is -0.142. The van der Waals surface area contributed by atoms with Crippen molar-refractivity contribution in [2.75, 3.05) is 0 Å². The molecule has 0 fully saturated rings. The molecule has 0 saturated heterocycles. The molecule has 14 nitrogen and oxygen atoms in total. The lowest BCUT2D eigenvalue weighted by Gasteiger charge is -2.25. The summed E-state index contributed by atoms with van der Waals surface area (Å²) in [5.74, 6) is -4.31. The summed E-state index contributed by atoms with van der Waals surface area (Å²) in [6.07, 6.45) is 1.14. The number of nitrogens with one attached hydrogen (secondary N) is 4. The number of carbonyl (C=O) groups excluding carboxylic acids is 4. The highest BCUT2D eigenvalue weighted by molar-refractivity contribution is 5.95. The molecule has 0 aliphatic heterocycles. The van der Waals surface area contributed by atoms with Crippen molar-refractivity contribution in [1.82, 2.24) is 20.9 Å². The van der Waals surface area contributed by atoms with Crippen LogP contribution in [0, 0.1) is 0 Å². The van der Waals surface area contributed by atoms with Crippen LogP contribution < -0.4 is 27.4 Å². The predicted molar refractivity (Wildman–Crippen MR) is 175 cm³/mol. The highest BCUT2D eigenvalue weighted by Crippen LogP contribution is 2.20. The van der Waals surface area contributed by atoms with E-state index < -0.39 is 53.8 Å². The molecule has 0 spiro atoms. The third-order valence-electron chi connectivity index (χ3n) is 7.76. The summed E-state index contributed by atoms with van der Waals surface area (Å²) in [5.41, 5.74) is 14.1. The van der Waals surface area contributed by atoms with Crippen molar-refractivity contribution < 1.29 is 39.3 Å². The fourth-order valence-electron chi connectivity index (χ4n) is 5.15. The summed E-state index contributed by atoms with van der Waals surface area (Å²) in [5, 5.41) is 37.5. The molecule has 4 unspecified atom stereocenters. The molecule has 4 aromatic rings. The van der Waals surface area contributed by atoms with Crippen molar-refractivity contribution in [3.8, 4) is 11.5 Å². The van der Waals surface area contributed by atoms with Crippen molar-refractivity contribution in [2.45, 2.75) is 56.3 Å². The average molecular weight is 659 g/mol. The molecule has 3 aromatic carbocycles. The number of phenols is 2. The number of hydrogen-bond acceptors (Lipinski definition) is 8. The topological polar surface area (TPSA) is 250 Å². The molecule has 48 heavy (non-hydrogen) atoms. The van der Waals surface area contributed by atoms with Crippen LogP contribution in [0.2, 0.25) is 0 Å². The van der Waals surface area contributed by atoms with Gasteiger partial charge in [0.05, 0.1) is 6.04 Å². The van der Waals surface area contributed by atoms with Gasteiger partial charge in [-0.2, -0.15) is 0 Å². The van der Waals surface area contributed by atoms with Crippen LogP contribution in [-0.2, 0) is 43.2 Å². The molecule has 0 aliphatic rings. The monoisotopic (exact) mass is 658 g/mol. The van der Waals surface area contributed by atoms with E-state index in [4.69, 9.17) is 11.5 Å². The van der Waals surface area contributed by atoms with Crippen molar-refractivity contribution in [1.29, 1.82) is 0 Å². The molecule has 0 radical (unpaired) electrons. The zero-order chi connectivity index (χ0) is 34.8. The van der Waals surface area contributed by atoms with Crippen molar-refractivity contribution in [2.24, 2.45) is 11.5 Å². The number of carboxylic acid groups (broad SMARTS) is 1. The number of fused-ring (bicyclic) bond motifs is 1. The van der Waals surface area contributed by atoms with Crippen LogP contribution in [0.5, 0.6) is 11.5 Å². The molecule has 4 amide bonds. The van der Waals surface area contributed by atoms with E-state index in [0.29, 0.717) is 16.7 Å². The molecule has 0 bridgehead atoms. The van der Waals surface area contributed by atoms with Crippen LogP contribution in [0.15, 0.2) is 79.0 Å². The molecule has 0 aliphatic carbocycles. The van der Waals surface area contributed by atoms with E-state index in [9.17, 15) is 39.3 Å². The SMILES string of the molecule is NC(=O)CCC(NC(=O)C(Cc1c[nH]c2ccccc12)NC(=O)C(Cc1ccc(O)cc1)NC(=O)C(N)Cc1ccc(O)cc1)C(=O)O. The zero-order valence-corrected chi connectivity index (χ0v) is 25.9. The number of aromatic hydroxyl groups is 2. The third kappa shape index (κ3) is 9.80. The molecule has 252 valence electrons. The van der Waals surface area contributed by atoms with Gasteiger partial charge in [0.15, 0.2) is 0 Å². The Bertz CT molecular complexity index is 1760. The minimum Gasteiger partial charge on any atom is -0.508 e. The molecular formula is C34H38N6O8. The molecular weight excluding hydrogens is 620 g/mol. The van der Waals surface area contributed by atoms with Crippen LogP contribution in [0.1, 0.15) is 29.5 Å². The number of nitrogens with two attached hydrogens (primary N) is 2. The Labute approximate surface area is 275 Å². The number of carbonyl (C=O) groups is 5. The Hall–Kier alpha value is -5.89. The van der Waals surface area contributed by atoms with E-state index in [2.05, 4.69) is 20.9 Å². The lowest BCUT2D eigenvalue weighted by atomic mass is 10.0. The first-order valence-corrected chi connectivity index (χ1v) is 15.2. The smallest absolute Gasteiger partial charge is 0.326 e. The number of carboxylic acids is 1. The first-order valence-electron chi connectivity index (χ1n) is 15.2. The first kappa shape index (κ1) is 35.0. The van der Waals surface area contributed by atoms with Crippen LogP contribution in [0.25, 0.3) is 10.9 Å². The second kappa shape index (κ2) is 16.1. The van der Waals surface area contributed by atoms with Gasteiger partial charge in [-0.1, -0.05) is 42.5 Å². The number of aromatic nitrogens is 1. The van der Waals surface area contributed by atoms with Gasteiger partial charge >= 0.3 is 5.97 Å². The van der Waals surface area contributed by atoms with Crippen LogP contribution in [0.3, 0.4) is 0 Å². The van der Waals surface area contributed by atoms with E-state index in [1.807, 2.05) is 24.3 Å². The molecule has 4 rings (SSSR count). The Morgan fingerprint density at radius 2 is 1.21 bits per heavy atom. The van der Waals surface area contributed by atoms with Gasteiger partial charge in [-0.15, -0.1) is 0 Å². The molecule has 1 heterocycles. The maximum Gasteiger partial charge on any atom is 0.326 e. The molecule has 0 saturated carbocycles. The summed E-state index contributed by atoms with van der Waals surface area (Å²) in [7, 11) is 0. The molecule has 1 aromatic heterocycles. The molecule has 11 N–H and O–H groups in total. The summed E-state index contributed by atoms with van der Waals surface area (Å²) in [6, 6.07) is 14.4. The first-order chi connectivity index (χ1) is 22.9.